The number of aliphatic hydroxyl groups is 1. The summed E-state index contributed by atoms with van der Waals surface area (Å²) in [5.41, 5.74) is 2.15. The molecule has 0 aromatic heterocycles. The van der Waals surface area contributed by atoms with E-state index in [9.17, 15) is 9.59 Å². The fourth-order valence-corrected chi connectivity index (χ4v) is 5.74. The lowest BCUT2D eigenvalue weighted by Gasteiger charge is -2.56. The molecule has 4 aliphatic rings. The van der Waals surface area contributed by atoms with Gasteiger partial charge in [-0.3, -0.25) is 9.59 Å². The van der Waals surface area contributed by atoms with Crippen molar-refractivity contribution in [2.75, 3.05) is 26.1 Å². The lowest BCUT2D eigenvalue weighted by atomic mass is 9.53. The minimum Gasteiger partial charge on any atom is -0.481 e. The van der Waals surface area contributed by atoms with Gasteiger partial charge in [-0.05, 0) is 44.1 Å². The molecule has 8 heteroatoms. The summed E-state index contributed by atoms with van der Waals surface area (Å²) in [6.07, 6.45) is 5.31. The highest BCUT2D eigenvalue weighted by Gasteiger charge is 2.65. The molecule has 1 aromatic rings. The molecule has 1 saturated heterocycles. The van der Waals surface area contributed by atoms with Crippen LogP contribution in [0.25, 0.3) is 0 Å². The second-order valence-electron chi connectivity index (χ2n) is 8.50. The Morgan fingerprint density at radius 1 is 1.29 bits per heavy atom. The third-order valence-corrected chi connectivity index (χ3v) is 6.92. The number of halogens is 1. The standard InChI is InChI=1S/C21H23NO5.C2H5ClO/c1-11(23)25-16-6-4-13-10-15-14-5-7-17(26-12(2)24)20-21(14,8-9-22(15)3)18(13)19(16)27-20;3-1-2-4/h4-7,14-15,17,20H,8-10H2,1-3H3;4H,1-2H2/t14-,15+,17-,20-,21-;/m0./s1. The molecule has 5 atom stereocenters. The van der Waals surface area contributed by atoms with Gasteiger partial charge in [-0.1, -0.05) is 12.1 Å². The average molecular weight is 450 g/mol. The molecule has 31 heavy (non-hydrogen) atoms. The maximum atomic E-state index is 11.7. The molecule has 1 N–H and O–H groups in total. The highest BCUT2D eigenvalue weighted by molar-refractivity contribution is 6.17. The van der Waals surface area contributed by atoms with Crippen molar-refractivity contribution in [3.63, 3.8) is 0 Å². The summed E-state index contributed by atoms with van der Waals surface area (Å²) in [6.45, 7) is 3.86. The lowest BCUT2D eigenvalue weighted by Crippen LogP contribution is -2.65. The van der Waals surface area contributed by atoms with Crippen molar-refractivity contribution in [1.29, 1.82) is 0 Å². The van der Waals surface area contributed by atoms with E-state index < -0.39 is 6.10 Å². The molecular weight excluding hydrogens is 422 g/mol. The zero-order chi connectivity index (χ0) is 22.3. The Balaban J connectivity index is 0.000000535. The number of rotatable bonds is 3. The molecule has 7 nitrogen and oxygen atoms in total. The number of likely N-dealkylation sites (tertiary alicyclic amines) is 1. The van der Waals surface area contributed by atoms with Gasteiger partial charge in [0.2, 0.25) is 0 Å². The molecule has 2 heterocycles. The van der Waals surface area contributed by atoms with Crippen molar-refractivity contribution in [3.8, 4) is 11.5 Å². The molecule has 1 aromatic carbocycles. The zero-order valence-electron chi connectivity index (χ0n) is 18.0. The molecule has 168 valence electrons. The largest absolute Gasteiger partial charge is 0.481 e. The summed E-state index contributed by atoms with van der Waals surface area (Å²) in [6, 6.07) is 4.28. The third-order valence-electron chi connectivity index (χ3n) is 6.76. The van der Waals surface area contributed by atoms with Crippen molar-refractivity contribution < 1.29 is 28.9 Å². The van der Waals surface area contributed by atoms with Crippen LogP contribution in [0.15, 0.2) is 24.3 Å². The Hall–Kier alpha value is -2.09. The minimum atomic E-state index is -0.439. The SMILES string of the molecule is CC(=O)Oc1ccc2c3c1O[C@H]1[C@@H](OC(C)=O)C=C[C@H]4[C@@H](C2)N(C)CC[C@@]341.OCCCl. The number of nitrogens with zero attached hydrogens (tertiary/aromatic N) is 1. The highest BCUT2D eigenvalue weighted by atomic mass is 35.5. The van der Waals surface area contributed by atoms with E-state index in [0.717, 1.165) is 24.9 Å². The molecular formula is C23H28ClNO6. The van der Waals surface area contributed by atoms with Crippen molar-refractivity contribution in [2.45, 2.75) is 50.4 Å². The van der Waals surface area contributed by atoms with Crippen LogP contribution in [0.2, 0.25) is 0 Å². The van der Waals surface area contributed by atoms with Gasteiger partial charge in [-0.2, -0.15) is 0 Å². The Bertz CT molecular complexity index is 916. The van der Waals surface area contributed by atoms with Gasteiger partial charge in [0.25, 0.3) is 0 Å². The van der Waals surface area contributed by atoms with Crippen LogP contribution in [0.3, 0.4) is 0 Å². The molecule has 1 fully saturated rings. The molecule has 1 spiro atoms. The number of carbonyl (C=O) groups is 2. The number of esters is 2. The fraction of sp³-hybridized carbons (Fsp3) is 0.565. The van der Waals surface area contributed by atoms with Crippen molar-refractivity contribution in [3.05, 3.63) is 35.4 Å². The minimum absolute atomic E-state index is 0.0849. The summed E-state index contributed by atoms with van der Waals surface area (Å²) in [5, 5.41) is 7.74. The molecule has 5 rings (SSSR count). The van der Waals surface area contributed by atoms with Crippen molar-refractivity contribution >= 4 is 23.5 Å². The summed E-state index contributed by atoms with van der Waals surface area (Å²) in [4.78, 5) is 25.7. The van der Waals surface area contributed by atoms with Crippen LogP contribution in [0, 0.1) is 5.92 Å². The fourth-order valence-electron chi connectivity index (χ4n) is 5.74. The second kappa shape index (κ2) is 8.45. The number of alkyl halides is 1. The van der Waals surface area contributed by atoms with E-state index in [-0.39, 0.29) is 36.0 Å². The van der Waals surface area contributed by atoms with Crippen LogP contribution in [0.4, 0.5) is 0 Å². The maximum Gasteiger partial charge on any atom is 0.308 e. The van der Waals surface area contributed by atoms with E-state index in [1.165, 1.54) is 19.4 Å². The molecule has 0 amide bonds. The van der Waals surface area contributed by atoms with Gasteiger partial charge >= 0.3 is 11.9 Å². The van der Waals surface area contributed by atoms with Gasteiger partial charge in [0.1, 0.15) is 6.10 Å². The van der Waals surface area contributed by atoms with Crippen LogP contribution in [0.1, 0.15) is 31.4 Å². The summed E-state index contributed by atoms with van der Waals surface area (Å²) >= 11 is 4.94. The molecule has 2 bridgehead atoms. The number of ether oxygens (including phenoxy) is 3. The van der Waals surface area contributed by atoms with Gasteiger partial charge in [-0.15, -0.1) is 11.6 Å². The number of likely N-dealkylation sites (N-methyl/N-ethyl adjacent to an activating group) is 1. The van der Waals surface area contributed by atoms with Gasteiger partial charge in [0.05, 0.1) is 6.61 Å². The van der Waals surface area contributed by atoms with E-state index >= 15 is 0 Å². The zero-order valence-corrected chi connectivity index (χ0v) is 18.7. The van der Waals surface area contributed by atoms with Crippen LogP contribution in [-0.2, 0) is 26.2 Å². The van der Waals surface area contributed by atoms with E-state index in [0.29, 0.717) is 23.4 Å². The first-order valence-corrected chi connectivity index (χ1v) is 11.1. The number of aliphatic hydroxyl groups excluding tert-OH is 1. The predicted octanol–water partition coefficient (Wildman–Crippen LogP) is 2.21. The lowest BCUT2D eigenvalue weighted by molar-refractivity contribution is -0.152. The first-order chi connectivity index (χ1) is 14.8. The first-order valence-electron chi connectivity index (χ1n) is 10.6. The van der Waals surface area contributed by atoms with Crippen molar-refractivity contribution in [2.24, 2.45) is 5.92 Å². The summed E-state index contributed by atoms with van der Waals surface area (Å²) in [7, 11) is 2.17. The number of piperidine rings is 1. The van der Waals surface area contributed by atoms with Gasteiger partial charge in [-0.25, -0.2) is 0 Å². The van der Waals surface area contributed by atoms with Crippen molar-refractivity contribution in [1.82, 2.24) is 4.90 Å². The smallest absolute Gasteiger partial charge is 0.308 e. The van der Waals surface area contributed by atoms with Crippen LogP contribution in [-0.4, -0.2) is 66.3 Å². The van der Waals surface area contributed by atoms with Crippen LogP contribution < -0.4 is 9.47 Å². The third kappa shape index (κ3) is 3.52. The molecule has 2 aliphatic carbocycles. The van der Waals surface area contributed by atoms with Gasteiger partial charge < -0.3 is 24.2 Å². The van der Waals surface area contributed by atoms with E-state index in [1.807, 2.05) is 12.1 Å². The number of carbonyl (C=O) groups excluding carboxylic acids is 2. The normalized spacial score (nSPS) is 31.6. The Labute approximate surface area is 186 Å². The Morgan fingerprint density at radius 2 is 2.03 bits per heavy atom. The summed E-state index contributed by atoms with van der Waals surface area (Å²) < 4.78 is 17.5. The van der Waals surface area contributed by atoms with E-state index in [4.69, 9.17) is 30.9 Å². The maximum absolute atomic E-state index is 11.7. The monoisotopic (exact) mass is 449 g/mol. The Morgan fingerprint density at radius 3 is 2.68 bits per heavy atom. The highest BCUT2D eigenvalue weighted by Crippen LogP contribution is 2.62. The molecule has 0 unspecified atom stereocenters. The topological polar surface area (TPSA) is 85.3 Å². The Kier molecular flexibility index (Phi) is 6.03. The number of hydrogen-bond acceptors (Lipinski definition) is 7. The van der Waals surface area contributed by atoms with Gasteiger partial charge in [0.15, 0.2) is 17.6 Å². The van der Waals surface area contributed by atoms with Crippen LogP contribution >= 0.6 is 11.6 Å². The number of hydrogen-bond donors (Lipinski definition) is 1. The molecule has 0 saturated carbocycles. The number of benzene rings is 1. The molecule has 2 aliphatic heterocycles. The van der Waals surface area contributed by atoms with E-state index in [1.54, 1.807) is 0 Å². The second-order valence-corrected chi connectivity index (χ2v) is 8.88. The summed E-state index contributed by atoms with van der Waals surface area (Å²) in [5.74, 6) is 1.06. The predicted molar refractivity (Wildman–Crippen MR) is 115 cm³/mol. The quantitative estimate of drug-likeness (QED) is 0.327. The van der Waals surface area contributed by atoms with Crippen LogP contribution in [0.5, 0.6) is 11.5 Å². The van der Waals surface area contributed by atoms with E-state index in [2.05, 4.69) is 24.1 Å². The van der Waals surface area contributed by atoms with Gasteiger partial charge in [0, 0.05) is 42.7 Å². The average Bonchev–Trinajstić information content (AvgIpc) is 3.08. The molecule has 0 radical (unpaired) electrons. The first kappa shape index (κ1) is 22.1.